The number of nitriles is 1. The Morgan fingerprint density at radius 1 is 1.44 bits per heavy atom. The van der Waals surface area contributed by atoms with Crippen LogP contribution in [-0.2, 0) is 13.0 Å². The summed E-state index contributed by atoms with van der Waals surface area (Å²) < 4.78 is 0. The Morgan fingerprint density at radius 2 is 2.22 bits per heavy atom. The van der Waals surface area contributed by atoms with Gasteiger partial charge in [-0.3, -0.25) is 14.9 Å². The van der Waals surface area contributed by atoms with Gasteiger partial charge in [0.05, 0.1) is 17.0 Å². The zero-order valence-electron chi connectivity index (χ0n) is 14.4. The van der Waals surface area contributed by atoms with Crippen molar-refractivity contribution < 1.29 is 9.72 Å². The zero-order chi connectivity index (χ0) is 19.1. The highest BCUT2D eigenvalue weighted by Gasteiger charge is 2.29. The maximum Gasteiger partial charge on any atom is 0.293 e. The smallest absolute Gasteiger partial charge is 0.293 e. The van der Waals surface area contributed by atoms with Crippen LogP contribution >= 0.6 is 11.3 Å². The second kappa shape index (κ2) is 6.55. The Kier molecular flexibility index (Phi) is 4.20. The summed E-state index contributed by atoms with van der Waals surface area (Å²) in [5.41, 5.74) is 8.06. The molecule has 3 N–H and O–H groups in total. The number of amides is 1. The third-order valence-electron chi connectivity index (χ3n) is 4.88. The highest BCUT2D eigenvalue weighted by atomic mass is 32.1. The normalized spacial score (nSPS) is 15.7. The van der Waals surface area contributed by atoms with Crippen LogP contribution in [0.15, 0.2) is 18.2 Å². The molecule has 1 aromatic carbocycles. The number of thiophene rings is 1. The first-order chi connectivity index (χ1) is 13.0. The first-order valence-corrected chi connectivity index (χ1v) is 9.44. The van der Waals surface area contributed by atoms with Crippen molar-refractivity contribution >= 4 is 33.6 Å². The molecule has 2 heterocycles. The third-order valence-corrected chi connectivity index (χ3v) is 5.93. The maximum atomic E-state index is 12.2. The van der Waals surface area contributed by atoms with E-state index in [1.54, 1.807) is 12.1 Å². The van der Waals surface area contributed by atoms with Gasteiger partial charge >= 0.3 is 0 Å². The molecule has 0 spiro atoms. The number of carbonyl (C=O) groups is 1. The number of anilines is 2. The molecule has 4 rings (SSSR count). The van der Waals surface area contributed by atoms with Crippen molar-refractivity contribution in [3.63, 3.8) is 0 Å². The molecule has 2 aliphatic rings. The maximum absolute atomic E-state index is 12.2. The number of nitro groups is 1. The van der Waals surface area contributed by atoms with Gasteiger partial charge in [0.1, 0.15) is 16.8 Å². The molecule has 1 aromatic heterocycles. The molecule has 0 bridgehead atoms. The molecule has 1 aliphatic carbocycles. The van der Waals surface area contributed by atoms with Crippen molar-refractivity contribution in [2.75, 3.05) is 17.2 Å². The molecule has 1 amide bonds. The van der Waals surface area contributed by atoms with Crippen LogP contribution in [-0.4, -0.2) is 23.4 Å². The van der Waals surface area contributed by atoms with Crippen LogP contribution in [0.3, 0.4) is 0 Å². The minimum absolute atomic E-state index is 0.0908. The first-order valence-electron chi connectivity index (χ1n) is 8.62. The molecule has 0 radical (unpaired) electrons. The number of nitrogen functional groups attached to an aromatic ring is 1. The molecule has 2 aromatic rings. The summed E-state index contributed by atoms with van der Waals surface area (Å²) in [5, 5.41) is 24.2. The number of hydrogen-bond acceptors (Lipinski definition) is 7. The minimum atomic E-state index is -0.456. The fourth-order valence-electron chi connectivity index (χ4n) is 3.33. The molecule has 0 saturated heterocycles. The molecule has 27 heavy (non-hydrogen) atoms. The summed E-state index contributed by atoms with van der Waals surface area (Å²) >= 11 is 1.36. The zero-order valence-corrected chi connectivity index (χ0v) is 15.2. The lowest BCUT2D eigenvalue weighted by Gasteiger charge is -2.28. The van der Waals surface area contributed by atoms with Crippen molar-refractivity contribution in [2.24, 2.45) is 0 Å². The topological polar surface area (TPSA) is 125 Å². The number of fused-ring (bicyclic) bond motifs is 1. The fraction of sp³-hybridized carbons (Fsp3) is 0.333. The summed E-state index contributed by atoms with van der Waals surface area (Å²) in [6.45, 7) is 1.01. The summed E-state index contributed by atoms with van der Waals surface area (Å²) in [4.78, 5) is 26.2. The van der Waals surface area contributed by atoms with Gasteiger partial charge in [0, 0.05) is 29.1 Å². The first kappa shape index (κ1) is 17.3. The SMILES string of the molecule is N#Cc1c(N)sc2c1CCN(c1ccc(C(=O)NC3CC3)cc1[N+](=O)[O-])C2. The molecule has 8 nitrogen and oxygen atoms in total. The van der Waals surface area contributed by atoms with E-state index < -0.39 is 4.92 Å². The predicted molar refractivity (Wildman–Crippen MR) is 102 cm³/mol. The van der Waals surface area contributed by atoms with Gasteiger partial charge in [0.15, 0.2) is 0 Å². The molecule has 0 unspecified atom stereocenters. The minimum Gasteiger partial charge on any atom is -0.389 e. The van der Waals surface area contributed by atoms with Gasteiger partial charge < -0.3 is 16.0 Å². The molecular weight excluding hydrogens is 366 g/mol. The Balaban J connectivity index is 1.64. The van der Waals surface area contributed by atoms with E-state index in [1.165, 1.54) is 17.4 Å². The van der Waals surface area contributed by atoms with E-state index in [9.17, 15) is 20.2 Å². The second-order valence-corrected chi connectivity index (χ2v) is 7.87. The van der Waals surface area contributed by atoms with E-state index in [0.717, 1.165) is 23.3 Å². The third kappa shape index (κ3) is 3.19. The lowest BCUT2D eigenvalue weighted by molar-refractivity contribution is -0.384. The summed E-state index contributed by atoms with van der Waals surface area (Å²) in [6, 6.07) is 6.93. The van der Waals surface area contributed by atoms with Crippen LogP contribution in [0.5, 0.6) is 0 Å². The van der Waals surface area contributed by atoms with E-state index in [4.69, 9.17) is 5.73 Å². The van der Waals surface area contributed by atoms with Gasteiger partial charge in [0.2, 0.25) is 0 Å². The van der Waals surface area contributed by atoms with Crippen LogP contribution in [0.1, 0.15) is 39.2 Å². The second-order valence-electron chi connectivity index (χ2n) is 6.73. The summed E-state index contributed by atoms with van der Waals surface area (Å²) in [7, 11) is 0. The Morgan fingerprint density at radius 3 is 2.89 bits per heavy atom. The lowest BCUT2D eigenvalue weighted by atomic mass is 10.0. The number of hydrogen-bond donors (Lipinski definition) is 2. The van der Waals surface area contributed by atoms with E-state index in [0.29, 0.717) is 41.3 Å². The highest BCUT2D eigenvalue weighted by Crippen LogP contribution is 2.38. The Labute approximate surface area is 159 Å². The van der Waals surface area contributed by atoms with Crippen LogP contribution in [0.25, 0.3) is 0 Å². The Bertz CT molecular complexity index is 990. The number of nitro benzene ring substituents is 1. The van der Waals surface area contributed by atoms with Crippen LogP contribution in [0, 0.1) is 21.4 Å². The molecule has 0 atom stereocenters. The van der Waals surface area contributed by atoms with E-state index in [1.807, 2.05) is 4.90 Å². The largest absolute Gasteiger partial charge is 0.389 e. The monoisotopic (exact) mass is 383 g/mol. The van der Waals surface area contributed by atoms with Crippen molar-refractivity contribution in [1.29, 1.82) is 5.26 Å². The number of nitrogens with zero attached hydrogens (tertiary/aromatic N) is 3. The number of benzene rings is 1. The van der Waals surface area contributed by atoms with Gasteiger partial charge in [-0.2, -0.15) is 5.26 Å². The van der Waals surface area contributed by atoms with E-state index in [2.05, 4.69) is 11.4 Å². The number of carbonyl (C=O) groups excluding carboxylic acids is 1. The molecule has 1 aliphatic heterocycles. The average Bonchev–Trinajstić information content (AvgIpc) is 3.40. The van der Waals surface area contributed by atoms with Crippen LogP contribution in [0.4, 0.5) is 16.4 Å². The standard InChI is InChI=1S/C18H17N5O3S/c19-8-13-12-5-6-22(9-16(12)27-17(13)20)14-4-1-10(7-15(14)23(25)26)18(24)21-11-2-3-11/h1,4,7,11H,2-3,5-6,9,20H2,(H,21,24). The van der Waals surface area contributed by atoms with Gasteiger partial charge in [-0.15, -0.1) is 11.3 Å². The molecule has 1 saturated carbocycles. The fourth-order valence-corrected chi connectivity index (χ4v) is 4.41. The van der Waals surface area contributed by atoms with Gasteiger partial charge in [0.25, 0.3) is 11.6 Å². The highest BCUT2D eigenvalue weighted by molar-refractivity contribution is 7.16. The molecular formula is C18H17N5O3S. The Hall–Kier alpha value is -3.12. The lowest BCUT2D eigenvalue weighted by Crippen LogP contribution is -2.30. The van der Waals surface area contributed by atoms with Crippen molar-refractivity contribution in [3.05, 3.63) is 49.9 Å². The quantitative estimate of drug-likeness (QED) is 0.617. The number of rotatable bonds is 4. The summed E-state index contributed by atoms with van der Waals surface area (Å²) in [5.74, 6) is -0.280. The summed E-state index contributed by atoms with van der Waals surface area (Å²) in [6.07, 6.45) is 2.51. The number of nitrogens with two attached hydrogens (primary N) is 1. The van der Waals surface area contributed by atoms with Gasteiger partial charge in [-0.25, -0.2) is 0 Å². The molecule has 9 heteroatoms. The number of nitrogens with one attached hydrogen (secondary N) is 1. The molecule has 138 valence electrons. The molecule has 1 fully saturated rings. The van der Waals surface area contributed by atoms with E-state index in [-0.39, 0.29) is 17.6 Å². The van der Waals surface area contributed by atoms with Crippen molar-refractivity contribution in [2.45, 2.75) is 31.8 Å². The van der Waals surface area contributed by atoms with Gasteiger partial charge in [-0.1, -0.05) is 0 Å². The van der Waals surface area contributed by atoms with Crippen molar-refractivity contribution in [1.82, 2.24) is 5.32 Å². The van der Waals surface area contributed by atoms with E-state index >= 15 is 0 Å². The predicted octanol–water partition coefficient (Wildman–Crippen LogP) is 2.57. The van der Waals surface area contributed by atoms with Crippen LogP contribution < -0.4 is 16.0 Å². The van der Waals surface area contributed by atoms with Gasteiger partial charge in [-0.05, 0) is 37.0 Å². The average molecular weight is 383 g/mol. The van der Waals surface area contributed by atoms with Crippen LogP contribution in [0.2, 0.25) is 0 Å². The van der Waals surface area contributed by atoms with Crippen molar-refractivity contribution in [3.8, 4) is 6.07 Å².